The molecule has 1 aliphatic heterocycles. The van der Waals surface area contributed by atoms with E-state index in [1.54, 1.807) is 18.7 Å². The predicted molar refractivity (Wildman–Crippen MR) is 64.4 cm³/mol. The van der Waals surface area contributed by atoms with Crippen molar-refractivity contribution in [2.75, 3.05) is 5.75 Å². The van der Waals surface area contributed by atoms with Gasteiger partial charge < -0.3 is 9.84 Å². The van der Waals surface area contributed by atoms with Gasteiger partial charge in [-0.3, -0.25) is 4.99 Å². The molecule has 1 atom stereocenters. The first kappa shape index (κ1) is 11.4. The SMILES string of the molecule is Cc1noc(CN=C2NC(C(C)C)CS2)n1. The first-order valence-corrected chi connectivity index (χ1v) is 6.36. The highest BCUT2D eigenvalue weighted by atomic mass is 32.2. The average molecular weight is 240 g/mol. The smallest absolute Gasteiger partial charge is 0.248 e. The van der Waals surface area contributed by atoms with E-state index in [1.807, 2.05) is 0 Å². The van der Waals surface area contributed by atoms with Crippen LogP contribution in [0.4, 0.5) is 0 Å². The normalized spacial score (nSPS) is 23.0. The third kappa shape index (κ3) is 2.75. The molecule has 1 N–H and O–H groups in total. The summed E-state index contributed by atoms with van der Waals surface area (Å²) in [5.74, 6) is 2.94. The van der Waals surface area contributed by atoms with Crippen LogP contribution < -0.4 is 5.32 Å². The summed E-state index contributed by atoms with van der Waals surface area (Å²) in [5, 5.41) is 8.09. The molecule has 88 valence electrons. The summed E-state index contributed by atoms with van der Waals surface area (Å²) in [6, 6.07) is 0.521. The lowest BCUT2D eigenvalue weighted by Crippen LogP contribution is -2.31. The summed E-state index contributed by atoms with van der Waals surface area (Å²) in [6.45, 7) is 6.68. The quantitative estimate of drug-likeness (QED) is 0.869. The Morgan fingerprint density at radius 3 is 3.00 bits per heavy atom. The molecule has 2 rings (SSSR count). The first-order chi connectivity index (χ1) is 7.65. The molecule has 0 radical (unpaired) electrons. The van der Waals surface area contributed by atoms with Crippen molar-refractivity contribution in [2.45, 2.75) is 33.4 Å². The van der Waals surface area contributed by atoms with Gasteiger partial charge in [0, 0.05) is 11.8 Å². The molecule has 1 fully saturated rings. The molecule has 1 aliphatic rings. The zero-order chi connectivity index (χ0) is 11.5. The van der Waals surface area contributed by atoms with Crippen molar-refractivity contribution >= 4 is 16.9 Å². The number of hydrogen-bond acceptors (Lipinski definition) is 5. The number of amidine groups is 1. The Bertz CT molecular complexity index is 388. The van der Waals surface area contributed by atoms with Gasteiger partial charge in [0.1, 0.15) is 6.54 Å². The number of nitrogens with zero attached hydrogens (tertiary/aromatic N) is 3. The number of aryl methyl sites for hydroxylation is 1. The van der Waals surface area contributed by atoms with Crippen molar-refractivity contribution < 1.29 is 4.52 Å². The molecule has 0 aliphatic carbocycles. The Kier molecular flexibility index (Phi) is 3.48. The number of aromatic nitrogens is 2. The summed E-state index contributed by atoms with van der Waals surface area (Å²) >= 11 is 1.75. The molecule has 0 bridgehead atoms. The van der Waals surface area contributed by atoms with Crippen LogP contribution in [0.1, 0.15) is 25.6 Å². The van der Waals surface area contributed by atoms with Crippen LogP contribution in [0.15, 0.2) is 9.52 Å². The third-order valence-corrected chi connectivity index (χ3v) is 3.49. The molecular formula is C10H16N4OS. The molecule has 1 aromatic heterocycles. The van der Waals surface area contributed by atoms with Crippen LogP contribution in [-0.2, 0) is 6.54 Å². The van der Waals surface area contributed by atoms with E-state index < -0.39 is 0 Å². The lowest BCUT2D eigenvalue weighted by molar-refractivity contribution is 0.376. The van der Waals surface area contributed by atoms with Crippen LogP contribution >= 0.6 is 11.8 Å². The zero-order valence-corrected chi connectivity index (χ0v) is 10.5. The molecule has 6 heteroatoms. The minimum atomic E-state index is 0.459. The predicted octanol–water partition coefficient (Wildman–Crippen LogP) is 1.60. The second-order valence-electron chi connectivity index (χ2n) is 4.16. The number of hydrogen-bond donors (Lipinski definition) is 1. The second-order valence-corrected chi connectivity index (χ2v) is 5.17. The number of thioether (sulfide) groups is 1. The molecule has 5 nitrogen and oxygen atoms in total. The summed E-state index contributed by atoms with van der Waals surface area (Å²) < 4.78 is 4.99. The minimum absolute atomic E-state index is 0.459. The molecule has 16 heavy (non-hydrogen) atoms. The van der Waals surface area contributed by atoms with Crippen molar-refractivity contribution in [1.82, 2.24) is 15.5 Å². The summed E-state index contributed by atoms with van der Waals surface area (Å²) in [5.41, 5.74) is 0. The molecule has 1 unspecified atom stereocenters. The van der Waals surface area contributed by atoms with E-state index in [0.717, 1.165) is 10.9 Å². The van der Waals surface area contributed by atoms with Crippen LogP contribution in [0.5, 0.6) is 0 Å². The van der Waals surface area contributed by atoms with E-state index in [4.69, 9.17) is 4.52 Å². The molecule has 2 heterocycles. The maximum absolute atomic E-state index is 4.99. The van der Waals surface area contributed by atoms with Crippen molar-refractivity contribution in [3.63, 3.8) is 0 Å². The van der Waals surface area contributed by atoms with Crippen LogP contribution in [0.25, 0.3) is 0 Å². The van der Waals surface area contributed by atoms with Gasteiger partial charge in [0.2, 0.25) is 5.89 Å². The largest absolute Gasteiger partial charge is 0.361 e. The third-order valence-electron chi connectivity index (χ3n) is 2.44. The van der Waals surface area contributed by atoms with E-state index in [2.05, 4.69) is 34.3 Å². The fourth-order valence-electron chi connectivity index (χ4n) is 1.40. The zero-order valence-electron chi connectivity index (χ0n) is 9.73. The van der Waals surface area contributed by atoms with E-state index in [1.165, 1.54) is 0 Å². The highest BCUT2D eigenvalue weighted by Crippen LogP contribution is 2.19. The lowest BCUT2D eigenvalue weighted by Gasteiger charge is -2.12. The van der Waals surface area contributed by atoms with E-state index in [-0.39, 0.29) is 0 Å². The van der Waals surface area contributed by atoms with Crippen molar-refractivity contribution in [1.29, 1.82) is 0 Å². The molecule has 1 saturated heterocycles. The van der Waals surface area contributed by atoms with Gasteiger partial charge in [0.15, 0.2) is 11.0 Å². The first-order valence-electron chi connectivity index (χ1n) is 5.38. The fourth-order valence-corrected chi connectivity index (χ4v) is 2.60. The van der Waals surface area contributed by atoms with Gasteiger partial charge in [-0.15, -0.1) is 0 Å². The van der Waals surface area contributed by atoms with Gasteiger partial charge in [-0.2, -0.15) is 4.98 Å². The van der Waals surface area contributed by atoms with Crippen LogP contribution in [0.3, 0.4) is 0 Å². The number of nitrogens with one attached hydrogen (secondary N) is 1. The van der Waals surface area contributed by atoms with Gasteiger partial charge in [-0.25, -0.2) is 0 Å². The molecule has 0 amide bonds. The molecule has 0 aromatic carbocycles. The van der Waals surface area contributed by atoms with Gasteiger partial charge in [0.05, 0.1) is 0 Å². The Hall–Kier alpha value is -1.04. The van der Waals surface area contributed by atoms with Gasteiger partial charge in [-0.1, -0.05) is 30.8 Å². The van der Waals surface area contributed by atoms with E-state index in [9.17, 15) is 0 Å². The summed E-state index contributed by atoms with van der Waals surface area (Å²) in [4.78, 5) is 8.52. The molecule has 1 aromatic rings. The van der Waals surface area contributed by atoms with Gasteiger partial charge >= 0.3 is 0 Å². The van der Waals surface area contributed by atoms with E-state index in [0.29, 0.717) is 30.2 Å². The maximum atomic E-state index is 4.99. The van der Waals surface area contributed by atoms with Crippen LogP contribution in [0.2, 0.25) is 0 Å². The Morgan fingerprint density at radius 2 is 2.44 bits per heavy atom. The number of rotatable bonds is 3. The van der Waals surface area contributed by atoms with E-state index >= 15 is 0 Å². The Balaban J connectivity index is 1.90. The molecular weight excluding hydrogens is 224 g/mol. The monoisotopic (exact) mass is 240 g/mol. The minimum Gasteiger partial charge on any atom is -0.361 e. The van der Waals surface area contributed by atoms with Gasteiger partial charge in [0.25, 0.3) is 0 Å². The van der Waals surface area contributed by atoms with Crippen molar-refractivity contribution in [3.8, 4) is 0 Å². The molecule has 0 saturated carbocycles. The number of aliphatic imine (C=N–C) groups is 1. The van der Waals surface area contributed by atoms with Crippen LogP contribution in [-0.4, -0.2) is 27.1 Å². The highest BCUT2D eigenvalue weighted by Gasteiger charge is 2.22. The van der Waals surface area contributed by atoms with Crippen molar-refractivity contribution in [2.24, 2.45) is 10.9 Å². The van der Waals surface area contributed by atoms with Crippen LogP contribution in [0, 0.1) is 12.8 Å². The summed E-state index contributed by atoms with van der Waals surface area (Å²) in [6.07, 6.45) is 0. The highest BCUT2D eigenvalue weighted by molar-refractivity contribution is 8.14. The Morgan fingerprint density at radius 1 is 1.62 bits per heavy atom. The average Bonchev–Trinajstić information content (AvgIpc) is 2.83. The fraction of sp³-hybridized carbons (Fsp3) is 0.700. The van der Waals surface area contributed by atoms with Gasteiger partial charge in [-0.05, 0) is 12.8 Å². The maximum Gasteiger partial charge on any atom is 0.248 e. The van der Waals surface area contributed by atoms with Crippen molar-refractivity contribution in [3.05, 3.63) is 11.7 Å². The summed E-state index contributed by atoms with van der Waals surface area (Å²) in [7, 11) is 0. The topological polar surface area (TPSA) is 63.3 Å². The Labute approximate surface area is 99.1 Å². The molecule has 0 spiro atoms. The standard InChI is InChI=1S/C10H16N4OS/c1-6(2)8-5-16-10(13-8)11-4-9-12-7(3)14-15-9/h6,8H,4-5H2,1-3H3,(H,11,13). The lowest BCUT2D eigenvalue weighted by atomic mass is 10.1. The second kappa shape index (κ2) is 4.86.